The highest BCUT2D eigenvalue weighted by Gasteiger charge is 2.40. The van der Waals surface area contributed by atoms with E-state index in [-0.39, 0.29) is 5.91 Å². The van der Waals surface area contributed by atoms with Crippen LogP contribution in [0.2, 0.25) is 0 Å². The number of carbonyl (C=O) groups is 1. The summed E-state index contributed by atoms with van der Waals surface area (Å²) in [6.45, 7) is 5.41. The lowest BCUT2D eigenvalue weighted by atomic mass is 10.0. The van der Waals surface area contributed by atoms with Crippen molar-refractivity contribution in [2.75, 3.05) is 31.2 Å². The Morgan fingerprint density at radius 1 is 1.19 bits per heavy atom. The number of carbonyl (C=O) groups excluding carboxylic acids is 1. The van der Waals surface area contributed by atoms with Gasteiger partial charge in [-0.1, -0.05) is 29.8 Å². The molecule has 1 amide bonds. The molecule has 0 atom stereocenters. The van der Waals surface area contributed by atoms with Gasteiger partial charge in [-0.2, -0.15) is 0 Å². The molecule has 0 unspecified atom stereocenters. The number of ether oxygens (including phenoxy) is 2. The highest BCUT2D eigenvalue weighted by Crippen LogP contribution is 2.32. The molecule has 1 spiro atoms. The van der Waals surface area contributed by atoms with Crippen LogP contribution in [0.25, 0.3) is 0 Å². The first kappa shape index (κ1) is 17.9. The number of aromatic nitrogens is 2. The van der Waals surface area contributed by atoms with Crippen LogP contribution in [0, 0.1) is 6.92 Å². The Kier molecular flexibility index (Phi) is 5.05. The van der Waals surface area contributed by atoms with E-state index in [1.54, 1.807) is 12.4 Å². The number of piperidine rings is 1. The third-order valence-corrected chi connectivity index (χ3v) is 5.06. The molecule has 0 aliphatic carbocycles. The molecule has 2 aliphatic heterocycles. The Morgan fingerprint density at radius 2 is 1.89 bits per heavy atom. The van der Waals surface area contributed by atoms with E-state index in [4.69, 9.17) is 9.47 Å². The first-order valence-corrected chi connectivity index (χ1v) is 9.32. The predicted molar refractivity (Wildman–Crippen MR) is 100 cm³/mol. The van der Waals surface area contributed by atoms with E-state index in [9.17, 15) is 4.79 Å². The topological polar surface area (TPSA) is 76.6 Å². The summed E-state index contributed by atoms with van der Waals surface area (Å²) in [5.74, 6) is 0.0537. The van der Waals surface area contributed by atoms with Crippen molar-refractivity contribution in [3.05, 3.63) is 53.3 Å². The van der Waals surface area contributed by atoms with Crippen LogP contribution in [-0.2, 0) is 16.0 Å². The Bertz CT molecular complexity index is 793. The van der Waals surface area contributed by atoms with E-state index >= 15 is 0 Å². The van der Waals surface area contributed by atoms with Crippen molar-refractivity contribution in [1.29, 1.82) is 0 Å². The first-order valence-electron chi connectivity index (χ1n) is 9.32. The summed E-state index contributed by atoms with van der Waals surface area (Å²) in [7, 11) is 0. The highest BCUT2D eigenvalue weighted by molar-refractivity contribution is 5.93. The number of aryl methyl sites for hydroxylation is 1. The molecule has 1 aromatic carbocycles. The van der Waals surface area contributed by atoms with Gasteiger partial charge < -0.3 is 19.7 Å². The van der Waals surface area contributed by atoms with E-state index < -0.39 is 5.79 Å². The summed E-state index contributed by atoms with van der Waals surface area (Å²) < 4.78 is 11.5. The lowest BCUT2D eigenvalue weighted by Gasteiger charge is -2.37. The van der Waals surface area contributed by atoms with Crippen LogP contribution < -0.4 is 10.2 Å². The van der Waals surface area contributed by atoms with Crippen molar-refractivity contribution in [3.8, 4) is 0 Å². The van der Waals surface area contributed by atoms with E-state index in [2.05, 4.69) is 26.3 Å². The van der Waals surface area contributed by atoms with Gasteiger partial charge in [0, 0.05) is 44.9 Å². The minimum absolute atomic E-state index is 0.173. The van der Waals surface area contributed by atoms with Crippen molar-refractivity contribution >= 4 is 11.9 Å². The summed E-state index contributed by atoms with van der Waals surface area (Å²) in [4.78, 5) is 23.2. The van der Waals surface area contributed by atoms with Gasteiger partial charge in [0.1, 0.15) is 0 Å². The van der Waals surface area contributed by atoms with Crippen LogP contribution in [0.3, 0.4) is 0 Å². The Balaban J connectivity index is 1.32. The van der Waals surface area contributed by atoms with Crippen molar-refractivity contribution in [1.82, 2.24) is 15.3 Å². The number of hydrogen-bond donors (Lipinski definition) is 1. The number of anilines is 1. The van der Waals surface area contributed by atoms with Gasteiger partial charge in [0.05, 0.1) is 18.8 Å². The molecule has 1 aromatic heterocycles. The average Bonchev–Trinajstić information content (AvgIpc) is 3.15. The summed E-state index contributed by atoms with van der Waals surface area (Å²) in [6.07, 6.45) is 4.77. The Labute approximate surface area is 158 Å². The largest absolute Gasteiger partial charge is 0.348 e. The first-order chi connectivity index (χ1) is 13.1. The van der Waals surface area contributed by atoms with Gasteiger partial charge in [-0.05, 0) is 12.5 Å². The molecule has 2 aliphatic rings. The fourth-order valence-corrected chi connectivity index (χ4v) is 3.54. The minimum Gasteiger partial charge on any atom is -0.348 e. The lowest BCUT2D eigenvalue weighted by Crippen LogP contribution is -2.45. The highest BCUT2D eigenvalue weighted by atomic mass is 16.7. The van der Waals surface area contributed by atoms with Crippen LogP contribution in [0.5, 0.6) is 0 Å². The van der Waals surface area contributed by atoms with Crippen molar-refractivity contribution < 1.29 is 14.3 Å². The number of rotatable bonds is 4. The summed E-state index contributed by atoms with van der Waals surface area (Å²) in [5, 5.41) is 2.91. The van der Waals surface area contributed by atoms with Gasteiger partial charge in [-0.15, -0.1) is 0 Å². The van der Waals surface area contributed by atoms with Crippen molar-refractivity contribution in [2.45, 2.75) is 32.1 Å². The Morgan fingerprint density at radius 3 is 2.56 bits per heavy atom. The molecule has 2 fully saturated rings. The molecule has 3 heterocycles. The van der Waals surface area contributed by atoms with Gasteiger partial charge >= 0.3 is 0 Å². The van der Waals surface area contributed by atoms with Crippen LogP contribution in [0.4, 0.5) is 5.95 Å². The molecule has 7 nitrogen and oxygen atoms in total. The molecule has 2 aromatic rings. The normalized spacial score (nSPS) is 18.6. The maximum absolute atomic E-state index is 12.3. The third-order valence-electron chi connectivity index (χ3n) is 5.06. The quantitative estimate of drug-likeness (QED) is 0.890. The second kappa shape index (κ2) is 7.62. The predicted octanol–water partition coefficient (Wildman–Crippen LogP) is 2.06. The summed E-state index contributed by atoms with van der Waals surface area (Å²) in [5.41, 5.74) is 2.70. The van der Waals surface area contributed by atoms with Crippen LogP contribution in [-0.4, -0.2) is 48.0 Å². The average molecular weight is 368 g/mol. The summed E-state index contributed by atoms with van der Waals surface area (Å²) in [6, 6.07) is 8.07. The van der Waals surface area contributed by atoms with Gasteiger partial charge in [0.15, 0.2) is 5.79 Å². The van der Waals surface area contributed by atoms with Crippen LogP contribution in [0.1, 0.15) is 34.3 Å². The van der Waals surface area contributed by atoms with E-state index in [1.807, 2.05) is 25.1 Å². The monoisotopic (exact) mass is 368 g/mol. The third kappa shape index (κ3) is 4.09. The molecule has 142 valence electrons. The number of benzene rings is 1. The molecule has 0 saturated carbocycles. The maximum atomic E-state index is 12.3. The zero-order valence-corrected chi connectivity index (χ0v) is 15.5. The lowest BCUT2D eigenvalue weighted by molar-refractivity contribution is -0.169. The second-order valence-electron chi connectivity index (χ2n) is 7.04. The minimum atomic E-state index is -0.411. The van der Waals surface area contributed by atoms with Crippen molar-refractivity contribution in [2.24, 2.45) is 0 Å². The summed E-state index contributed by atoms with van der Waals surface area (Å²) >= 11 is 0. The second-order valence-corrected chi connectivity index (χ2v) is 7.04. The van der Waals surface area contributed by atoms with E-state index in [0.717, 1.165) is 31.5 Å². The van der Waals surface area contributed by atoms with Gasteiger partial charge in [-0.25, -0.2) is 9.97 Å². The van der Waals surface area contributed by atoms with E-state index in [1.165, 1.54) is 5.56 Å². The van der Waals surface area contributed by atoms with Gasteiger partial charge in [0.25, 0.3) is 5.91 Å². The molecule has 0 radical (unpaired) electrons. The maximum Gasteiger partial charge on any atom is 0.254 e. The number of amides is 1. The molecule has 4 rings (SSSR count). The van der Waals surface area contributed by atoms with Crippen molar-refractivity contribution in [3.63, 3.8) is 0 Å². The number of nitrogens with one attached hydrogen (secondary N) is 1. The Hall–Kier alpha value is -2.51. The fraction of sp³-hybridized carbons (Fsp3) is 0.450. The molecular weight excluding hydrogens is 344 g/mol. The molecule has 7 heteroatoms. The van der Waals surface area contributed by atoms with Crippen LogP contribution in [0.15, 0.2) is 36.7 Å². The fourth-order valence-electron chi connectivity index (χ4n) is 3.54. The van der Waals surface area contributed by atoms with Gasteiger partial charge in [-0.3, -0.25) is 4.79 Å². The van der Waals surface area contributed by atoms with Gasteiger partial charge in [0.2, 0.25) is 5.95 Å². The SMILES string of the molecule is Cc1cccc(CNC(=O)c2cnc(N3CCC4(CC3)OCCO4)nc2)c1. The zero-order valence-electron chi connectivity index (χ0n) is 15.5. The molecular formula is C20H24N4O3. The smallest absolute Gasteiger partial charge is 0.254 e. The number of hydrogen-bond acceptors (Lipinski definition) is 6. The zero-order chi connectivity index (χ0) is 18.7. The molecule has 0 bridgehead atoms. The molecule has 27 heavy (non-hydrogen) atoms. The molecule has 1 N–H and O–H groups in total. The standard InChI is InChI=1S/C20H24N4O3/c1-15-3-2-4-16(11-15)12-21-18(25)17-13-22-19(23-14-17)24-7-5-20(6-8-24)26-9-10-27-20/h2-4,11,13-14H,5-10,12H2,1H3,(H,21,25). The van der Waals surface area contributed by atoms with Crippen LogP contribution >= 0.6 is 0 Å². The number of nitrogens with zero attached hydrogens (tertiary/aromatic N) is 3. The van der Waals surface area contributed by atoms with E-state index in [0.29, 0.717) is 31.3 Å². The molecule has 2 saturated heterocycles.